The summed E-state index contributed by atoms with van der Waals surface area (Å²) in [7, 11) is 1.77. The second-order valence-electron chi connectivity index (χ2n) is 4.92. The standard InChI is InChI=1S/C15H16N4O3/c1-16-13-8-14(18-9-17-13)22-11-4-5-12-10(7-11)3-2-6-19(12)15(20)21/h4-5,7-9H,2-3,6H2,1H3,(H,20,21)(H,16,17,18). The van der Waals surface area contributed by atoms with Gasteiger partial charge in [0.1, 0.15) is 17.9 Å². The third-order valence-electron chi connectivity index (χ3n) is 3.52. The zero-order valence-corrected chi connectivity index (χ0v) is 12.1. The first-order valence-electron chi connectivity index (χ1n) is 6.98. The molecule has 0 fully saturated rings. The molecule has 2 aromatic rings. The van der Waals surface area contributed by atoms with Crippen LogP contribution in [0.25, 0.3) is 0 Å². The number of fused-ring (bicyclic) bond motifs is 1. The summed E-state index contributed by atoms with van der Waals surface area (Å²) >= 11 is 0. The topological polar surface area (TPSA) is 87.6 Å². The predicted molar refractivity (Wildman–Crippen MR) is 81.8 cm³/mol. The van der Waals surface area contributed by atoms with Crippen LogP contribution in [0.1, 0.15) is 12.0 Å². The lowest BCUT2D eigenvalue weighted by Gasteiger charge is -2.27. The Balaban J connectivity index is 1.85. The largest absolute Gasteiger partial charge is 0.465 e. The van der Waals surface area contributed by atoms with Gasteiger partial charge in [-0.25, -0.2) is 14.8 Å². The molecule has 7 heteroatoms. The average Bonchev–Trinajstić information content (AvgIpc) is 2.54. The van der Waals surface area contributed by atoms with E-state index in [4.69, 9.17) is 4.74 Å². The monoisotopic (exact) mass is 300 g/mol. The highest BCUT2D eigenvalue weighted by Crippen LogP contribution is 2.32. The molecule has 0 saturated heterocycles. The summed E-state index contributed by atoms with van der Waals surface area (Å²) < 4.78 is 5.73. The van der Waals surface area contributed by atoms with Crippen molar-refractivity contribution in [3.05, 3.63) is 36.2 Å². The first-order valence-corrected chi connectivity index (χ1v) is 6.98. The Morgan fingerprint density at radius 2 is 2.23 bits per heavy atom. The minimum Gasteiger partial charge on any atom is -0.465 e. The average molecular weight is 300 g/mol. The van der Waals surface area contributed by atoms with Gasteiger partial charge in [0.15, 0.2) is 0 Å². The number of nitrogens with one attached hydrogen (secondary N) is 1. The Morgan fingerprint density at radius 3 is 3.00 bits per heavy atom. The van der Waals surface area contributed by atoms with Crippen LogP contribution in [0.15, 0.2) is 30.6 Å². The second-order valence-corrected chi connectivity index (χ2v) is 4.92. The molecule has 0 radical (unpaired) electrons. The summed E-state index contributed by atoms with van der Waals surface area (Å²) in [5.74, 6) is 1.73. The molecule has 1 aliphatic rings. The summed E-state index contributed by atoms with van der Waals surface area (Å²) in [5, 5.41) is 12.1. The van der Waals surface area contributed by atoms with E-state index in [0.29, 0.717) is 24.0 Å². The van der Waals surface area contributed by atoms with Crippen LogP contribution < -0.4 is 15.0 Å². The highest BCUT2D eigenvalue weighted by atomic mass is 16.5. The fourth-order valence-electron chi connectivity index (χ4n) is 2.49. The Bertz CT molecular complexity index is 705. The van der Waals surface area contributed by atoms with E-state index in [1.165, 1.54) is 11.2 Å². The number of hydrogen-bond acceptors (Lipinski definition) is 5. The van der Waals surface area contributed by atoms with Crippen LogP contribution in [0.2, 0.25) is 0 Å². The molecular formula is C15H16N4O3. The molecule has 1 aromatic heterocycles. The van der Waals surface area contributed by atoms with Gasteiger partial charge < -0.3 is 15.2 Å². The van der Waals surface area contributed by atoms with Crippen molar-refractivity contribution in [2.75, 3.05) is 23.8 Å². The minimum absolute atomic E-state index is 0.435. The van der Waals surface area contributed by atoms with Gasteiger partial charge in [0, 0.05) is 19.7 Å². The molecule has 0 bridgehead atoms. The van der Waals surface area contributed by atoms with E-state index in [-0.39, 0.29) is 0 Å². The summed E-state index contributed by atoms with van der Waals surface area (Å²) in [4.78, 5) is 20.7. The lowest BCUT2D eigenvalue weighted by molar-refractivity contribution is 0.201. The fraction of sp³-hybridized carbons (Fsp3) is 0.267. The van der Waals surface area contributed by atoms with E-state index in [1.54, 1.807) is 25.2 Å². The molecule has 114 valence electrons. The van der Waals surface area contributed by atoms with E-state index >= 15 is 0 Å². The van der Waals surface area contributed by atoms with Gasteiger partial charge in [-0.3, -0.25) is 4.90 Å². The lowest BCUT2D eigenvalue weighted by Crippen LogP contribution is -2.34. The van der Waals surface area contributed by atoms with E-state index in [1.807, 2.05) is 6.07 Å². The molecule has 2 heterocycles. The van der Waals surface area contributed by atoms with Gasteiger partial charge in [-0.15, -0.1) is 0 Å². The minimum atomic E-state index is -0.927. The van der Waals surface area contributed by atoms with Crippen LogP contribution in [0.5, 0.6) is 11.6 Å². The number of benzene rings is 1. The maximum Gasteiger partial charge on any atom is 0.411 e. The maximum atomic E-state index is 11.2. The van der Waals surface area contributed by atoms with Gasteiger partial charge in [-0.1, -0.05) is 0 Å². The van der Waals surface area contributed by atoms with Crippen molar-refractivity contribution < 1.29 is 14.6 Å². The number of carbonyl (C=O) groups is 1. The maximum absolute atomic E-state index is 11.2. The van der Waals surface area contributed by atoms with Crippen LogP contribution in [-0.4, -0.2) is 34.8 Å². The van der Waals surface area contributed by atoms with Gasteiger partial charge in [-0.05, 0) is 36.6 Å². The molecule has 2 N–H and O–H groups in total. The molecule has 0 spiro atoms. The van der Waals surface area contributed by atoms with Gasteiger partial charge in [0.25, 0.3) is 0 Å². The third-order valence-corrected chi connectivity index (χ3v) is 3.52. The molecular weight excluding hydrogens is 284 g/mol. The molecule has 7 nitrogen and oxygen atoms in total. The number of hydrogen-bond donors (Lipinski definition) is 2. The molecule has 0 atom stereocenters. The summed E-state index contributed by atoms with van der Waals surface area (Å²) in [6, 6.07) is 7.09. The van der Waals surface area contributed by atoms with Crippen molar-refractivity contribution in [1.29, 1.82) is 0 Å². The zero-order valence-electron chi connectivity index (χ0n) is 12.1. The summed E-state index contributed by atoms with van der Waals surface area (Å²) in [6.45, 7) is 0.528. The lowest BCUT2D eigenvalue weighted by atomic mass is 10.0. The number of ether oxygens (including phenoxy) is 1. The molecule has 0 aliphatic carbocycles. The van der Waals surface area contributed by atoms with Crippen LogP contribution >= 0.6 is 0 Å². The van der Waals surface area contributed by atoms with Crippen molar-refractivity contribution in [1.82, 2.24) is 9.97 Å². The van der Waals surface area contributed by atoms with Gasteiger partial charge in [0.05, 0.1) is 5.69 Å². The number of aromatic nitrogens is 2. The van der Waals surface area contributed by atoms with Crippen molar-refractivity contribution in [2.45, 2.75) is 12.8 Å². The van der Waals surface area contributed by atoms with Crippen molar-refractivity contribution in [2.24, 2.45) is 0 Å². The number of anilines is 2. The summed E-state index contributed by atoms with van der Waals surface area (Å²) in [5.41, 5.74) is 1.69. The summed E-state index contributed by atoms with van der Waals surface area (Å²) in [6.07, 6.45) is 2.14. The zero-order chi connectivity index (χ0) is 15.5. The fourth-order valence-corrected chi connectivity index (χ4v) is 2.49. The number of rotatable bonds is 3. The number of amides is 1. The highest BCUT2D eigenvalue weighted by molar-refractivity contribution is 5.87. The van der Waals surface area contributed by atoms with Crippen LogP contribution in [0, 0.1) is 0 Å². The predicted octanol–water partition coefficient (Wildman–Crippen LogP) is 2.74. The quantitative estimate of drug-likeness (QED) is 0.906. The molecule has 22 heavy (non-hydrogen) atoms. The van der Waals surface area contributed by atoms with Crippen LogP contribution in [0.3, 0.4) is 0 Å². The highest BCUT2D eigenvalue weighted by Gasteiger charge is 2.22. The van der Waals surface area contributed by atoms with Crippen molar-refractivity contribution in [3.8, 4) is 11.6 Å². The molecule has 0 saturated carbocycles. The Labute approximate surface area is 127 Å². The first kappa shape index (κ1) is 14.1. The van der Waals surface area contributed by atoms with Crippen molar-refractivity contribution >= 4 is 17.6 Å². The first-order chi connectivity index (χ1) is 10.7. The normalized spacial score (nSPS) is 13.4. The van der Waals surface area contributed by atoms with Gasteiger partial charge >= 0.3 is 6.09 Å². The molecule has 0 unspecified atom stereocenters. The Kier molecular flexibility index (Phi) is 3.78. The Hall–Kier alpha value is -2.83. The second kappa shape index (κ2) is 5.88. The van der Waals surface area contributed by atoms with E-state index in [0.717, 1.165) is 24.1 Å². The van der Waals surface area contributed by atoms with E-state index in [9.17, 15) is 9.90 Å². The van der Waals surface area contributed by atoms with E-state index < -0.39 is 6.09 Å². The molecule has 1 amide bonds. The van der Waals surface area contributed by atoms with Crippen LogP contribution in [0.4, 0.5) is 16.3 Å². The number of aryl methyl sites for hydroxylation is 1. The third kappa shape index (κ3) is 2.78. The number of carboxylic acid groups (broad SMARTS) is 1. The molecule has 3 rings (SSSR count). The van der Waals surface area contributed by atoms with Crippen molar-refractivity contribution in [3.63, 3.8) is 0 Å². The molecule has 1 aromatic carbocycles. The SMILES string of the molecule is CNc1cc(Oc2ccc3c(c2)CCCN3C(=O)O)ncn1. The number of nitrogens with zero attached hydrogens (tertiary/aromatic N) is 3. The van der Waals surface area contributed by atoms with Gasteiger partial charge in [-0.2, -0.15) is 0 Å². The molecule has 1 aliphatic heterocycles. The van der Waals surface area contributed by atoms with Crippen LogP contribution in [-0.2, 0) is 6.42 Å². The van der Waals surface area contributed by atoms with E-state index in [2.05, 4.69) is 15.3 Å². The van der Waals surface area contributed by atoms with Gasteiger partial charge in [0.2, 0.25) is 5.88 Å². The Morgan fingerprint density at radius 1 is 1.36 bits per heavy atom. The smallest absolute Gasteiger partial charge is 0.411 e.